The molecule has 3 aromatic rings. The molecule has 0 saturated carbocycles. The van der Waals surface area contributed by atoms with E-state index in [4.69, 9.17) is 4.74 Å². The van der Waals surface area contributed by atoms with E-state index in [1.54, 1.807) is 0 Å². The molecular weight excluding hydrogens is 324 g/mol. The Morgan fingerprint density at radius 2 is 2.00 bits per heavy atom. The first-order valence-electron chi connectivity index (χ1n) is 9.25. The summed E-state index contributed by atoms with van der Waals surface area (Å²) in [6.45, 7) is 2.79. The summed E-state index contributed by atoms with van der Waals surface area (Å²) in [6, 6.07) is 16.4. The van der Waals surface area contributed by atoms with Crippen molar-refractivity contribution in [1.29, 1.82) is 0 Å². The molecule has 2 aromatic carbocycles. The van der Waals surface area contributed by atoms with Gasteiger partial charge in [0.1, 0.15) is 25.0 Å². The van der Waals surface area contributed by atoms with E-state index in [0.717, 1.165) is 22.6 Å². The lowest BCUT2D eigenvalue weighted by molar-refractivity contribution is -0.684. The molecule has 0 amide bonds. The molecule has 1 heterocycles. The van der Waals surface area contributed by atoms with Crippen LogP contribution in [0.3, 0.4) is 0 Å². The molecule has 0 aliphatic heterocycles. The second-order valence-corrected chi connectivity index (χ2v) is 6.98. The lowest BCUT2D eigenvalue weighted by atomic mass is 9.99. The standard InChI is InChI=1S/C22H24N2O2/c1-16-23-21-8-4-5-9-22(21)24(16)14-19(25)15-26-20-12-10-18(11-13-20)17-6-2-3-7-17/h2,4-6,8-13,17,19,25H,3,7,14-15H2,1H3/p+1. The Labute approximate surface area is 153 Å². The Kier molecular flexibility index (Phi) is 4.76. The number of aromatic amines is 1. The van der Waals surface area contributed by atoms with Crippen LogP contribution in [0, 0.1) is 6.92 Å². The molecule has 0 spiro atoms. The third kappa shape index (κ3) is 3.51. The molecule has 2 unspecified atom stereocenters. The monoisotopic (exact) mass is 349 g/mol. The van der Waals surface area contributed by atoms with Gasteiger partial charge in [-0.2, -0.15) is 0 Å². The van der Waals surface area contributed by atoms with Crippen LogP contribution in [0.1, 0.15) is 30.1 Å². The maximum Gasteiger partial charge on any atom is 0.252 e. The van der Waals surface area contributed by atoms with Crippen molar-refractivity contribution in [3.8, 4) is 5.75 Å². The van der Waals surface area contributed by atoms with Crippen molar-refractivity contribution in [2.75, 3.05) is 6.61 Å². The molecule has 2 N–H and O–H groups in total. The number of para-hydroxylation sites is 2. The van der Waals surface area contributed by atoms with Crippen LogP contribution in [0.5, 0.6) is 5.75 Å². The Morgan fingerprint density at radius 3 is 2.77 bits per heavy atom. The lowest BCUT2D eigenvalue weighted by Crippen LogP contribution is -2.43. The van der Waals surface area contributed by atoms with Crippen LogP contribution in [0.4, 0.5) is 0 Å². The van der Waals surface area contributed by atoms with Gasteiger partial charge in [-0.1, -0.05) is 36.4 Å². The fraction of sp³-hybridized carbons (Fsp3) is 0.318. The number of nitrogens with zero attached hydrogens (tertiary/aromatic N) is 1. The number of aliphatic hydroxyl groups excluding tert-OH is 1. The maximum atomic E-state index is 10.4. The average Bonchev–Trinajstić information content (AvgIpc) is 3.29. The van der Waals surface area contributed by atoms with Crippen molar-refractivity contribution < 1.29 is 14.4 Å². The number of aromatic nitrogens is 2. The Hall–Kier alpha value is -2.59. The molecule has 26 heavy (non-hydrogen) atoms. The highest BCUT2D eigenvalue weighted by molar-refractivity contribution is 5.70. The van der Waals surface area contributed by atoms with Gasteiger partial charge in [-0.3, -0.25) is 0 Å². The molecular formula is C22H25N2O2+. The summed E-state index contributed by atoms with van der Waals surface area (Å²) in [7, 11) is 0. The molecule has 4 heteroatoms. The Balaban J connectivity index is 1.37. The van der Waals surface area contributed by atoms with Gasteiger partial charge in [0.25, 0.3) is 5.82 Å². The number of hydrogen-bond donors (Lipinski definition) is 2. The van der Waals surface area contributed by atoms with Gasteiger partial charge < -0.3 is 9.84 Å². The van der Waals surface area contributed by atoms with Crippen LogP contribution in [-0.2, 0) is 6.54 Å². The smallest absolute Gasteiger partial charge is 0.252 e. The zero-order valence-electron chi connectivity index (χ0n) is 15.1. The Morgan fingerprint density at radius 1 is 1.19 bits per heavy atom. The fourth-order valence-corrected chi connectivity index (χ4v) is 3.67. The number of ether oxygens (including phenoxy) is 1. The van der Waals surface area contributed by atoms with E-state index in [2.05, 4.69) is 39.9 Å². The van der Waals surface area contributed by atoms with E-state index in [1.807, 2.05) is 37.3 Å². The molecule has 4 rings (SSSR count). The van der Waals surface area contributed by atoms with Gasteiger partial charge in [-0.05, 0) is 42.7 Å². The van der Waals surface area contributed by atoms with Gasteiger partial charge in [-0.15, -0.1) is 0 Å². The summed E-state index contributed by atoms with van der Waals surface area (Å²) in [5.74, 6) is 2.37. The van der Waals surface area contributed by atoms with Crippen LogP contribution in [0.2, 0.25) is 0 Å². The second-order valence-electron chi connectivity index (χ2n) is 6.98. The number of imidazole rings is 1. The summed E-state index contributed by atoms with van der Waals surface area (Å²) in [5.41, 5.74) is 3.50. The number of fused-ring (bicyclic) bond motifs is 1. The highest BCUT2D eigenvalue weighted by atomic mass is 16.5. The molecule has 4 nitrogen and oxygen atoms in total. The number of H-pyrrole nitrogens is 1. The zero-order valence-corrected chi connectivity index (χ0v) is 15.1. The van der Waals surface area contributed by atoms with Gasteiger partial charge in [0.05, 0.1) is 0 Å². The van der Waals surface area contributed by atoms with Crippen LogP contribution in [0.15, 0.2) is 60.7 Å². The van der Waals surface area contributed by atoms with Crippen LogP contribution >= 0.6 is 0 Å². The molecule has 1 aromatic heterocycles. The molecule has 1 aliphatic rings. The first kappa shape index (κ1) is 16.9. The number of hydrogen-bond acceptors (Lipinski definition) is 2. The van der Waals surface area contributed by atoms with Gasteiger partial charge in [0.2, 0.25) is 0 Å². The molecule has 0 radical (unpaired) electrons. The van der Waals surface area contributed by atoms with Crippen molar-refractivity contribution in [1.82, 2.24) is 4.98 Å². The summed E-state index contributed by atoms with van der Waals surface area (Å²) < 4.78 is 7.89. The summed E-state index contributed by atoms with van der Waals surface area (Å²) in [5, 5.41) is 10.4. The lowest BCUT2D eigenvalue weighted by Gasteiger charge is -2.13. The topological polar surface area (TPSA) is 49.1 Å². The van der Waals surface area contributed by atoms with Gasteiger partial charge >= 0.3 is 0 Å². The number of nitrogens with one attached hydrogen (secondary N) is 1. The van der Waals surface area contributed by atoms with E-state index in [9.17, 15) is 5.11 Å². The molecule has 0 bridgehead atoms. The molecule has 1 aliphatic carbocycles. The number of allylic oxidation sites excluding steroid dienone is 2. The molecule has 134 valence electrons. The number of rotatable bonds is 6. The largest absolute Gasteiger partial charge is 0.491 e. The van der Waals surface area contributed by atoms with Gasteiger partial charge in [0, 0.05) is 12.8 Å². The van der Waals surface area contributed by atoms with Crippen molar-refractivity contribution in [3.05, 3.63) is 72.1 Å². The number of aliphatic hydroxyl groups is 1. The fourth-order valence-electron chi connectivity index (χ4n) is 3.67. The minimum atomic E-state index is -0.574. The van der Waals surface area contributed by atoms with Gasteiger partial charge in [0.15, 0.2) is 11.0 Å². The van der Waals surface area contributed by atoms with Crippen molar-refractivity contribution in [3.63, 3.8) is 0 Å². The maximum absolute atomic E-state index is 10.4. The van der Waals surface area contributed by atoms with Crippen LogP contribution in [0.25, 0.3) is 11.0 Å². The molecule has 2 atom stereocenters. The molecule has 0 saturated heterocycles. The Bertz CT molecular complexity index is 912. The van der Waals surface area contributed by atoms with E-state index < -0.39 is 6.10 Å². The third-order valence-electron chi connectivity index (χ3n) is 5.07. The zero-order chi connectivity index (χ0) is 17.9. The summed E-state index contributed by atoms with van der Waals surface area (Å²) in [6.07, 6.45) is 6.31. The predicted octanol–water partition coefficient (Wildman–Crippen LogP) is 3.64. The summed E-state index contributed by atoms with van der Waals surface area (Å²) >= 11 is 0. The second kappa shape index (κ2) is 7.34. The van der Waals surface area contributed by atoms with Crippen LogP contribution in [-0.4, -0.2) is 22.8 Å². The highest BCUT2D eigenvalue weighted by Gasteiger charge is 2.18. The number of benzene rings is 2. The van der Waals surface area contributed by atoms with Gasteiger partial charge in [-0.25, -0.2) is 9.55 Å². The predicted molar refractivity (Wildman–Crippen MR) is 102 cm³/mol. The normalized spacial score (nSPS) is 17.7. The van der Waals surface area contributed by atoms with Crippen molar-refractivity contribution in [2.45, 2.75) is 38.3 Å². The van der Waals surface area contributed by atoms with E-state index >= 15 is 0 Å². The van der Waals surface area contributed by atoms with E-state index in [1.165, 1.54) is 18.4 Å². The van der Waals surface area contributed by atoms with E-state index in [-0.39, 0.29) is 6.61 Å². The first-order chi connectivity index (χ1) is 12.7. The van der Waals surface area contributed by atoms with E-state index in [0.29, 0.717) is 12.5 Å². The van der Waals surface area contributed by atoms with Crippen molar-refractivity contribution in [2.24, 2.45) is 0 Å². The average molecular weight is 349 g/mol. The number of aryl methyl sites for hydroxylation is 1. The molecule has 0 fully saturated rings. The van der Waals surface area contributed by atoms with Crippen LogP contribution < -0.4 is 9.30 Å². The van der Waals surface area contributed by atoms with Crippen molar-refractivity contribution >= 4 is 11.0 Å². The minimum Gasteiger partial charge on any atom is -0.491 e. The SMILES string of the molecule is Cc1[nH]c2ccccc2[n+]1CC(O)COc1ccc(C2C=CCC2)cc1. The first-order valence-corrected chi connectivity index (χ1v) is 9.25. The third-order valence-corrected chi connectivity index (χ3v) is 5.07. The summed E-state index contributed by atoms with van der Waals surface area (Å²) in [4.78, 5) is 3.34. The minimum absolute atomic E-state index is 0.272. The highest BCUT2D eigenvalue weighted by Crippen LogP contribution is 2.29. The quantitative estimate of drug-likeness (QED) is 0.527.